The van der Waals surface area contributed by atoms with Gasteiger partial charge in [-0.3, -0.25) is 4.79 Å². The lowest BCUT2D eigenvalue weighted by Gasteiger charge is -2.13. The Balaban J connectivity index is 3.03. The molecule has 0 aromatic carbocycles. The fourth-order valence-corrected chi connectivity index (χ4v) is 1.53. The molecule has 1 heterocycles. The van der Waals surface area contributed by atoms with Crippen molar-refractivity contribution in [2.24, 2.45) is 0 Å². The number of rotatable bonds is 5. The van der Waals surface area contributed by atoms with Gasteiger partial charge in [-0.1, -0.05) is 0 Å². The molecule has 4 nitrogen and oxygen atoms in total. The van der Waals surface area contributed by atoms with Crippen molar-refractivity contribution in [2.75, 3.05) is 6.61 Å². The van der Waals surface area contributed by atoms with E-state index in [4.69, 9.17) is 11.6 Å². The molecule has 0 atom stereocenters. The molecule has 0 amide bonds. The number of pyridine rings is 1. The molecule has 0 saturated heterocycles. The van der Waals surface area contributed by atoms with Gasteiger partial charge in [-0.05, 0) is 6.92 Å². The summed E-state index contributed by atoms with van der Waals surface area (Å²) in [5.74, 6) is -3.12. The first-order valence-corrected chi connectivity index (χ1v) is 5.96. The van der Waals surface area contributed by atoms with Crippen LogP contribution in [0.2, 0.25) is 0 Å². The molecular formula is C11H10ClF4NO3. The van der Waals surface area contributed by atoms with Crippen molar-refractivity contribution in [3.63, 3.8) is 0 Å². The highest BCUT2D eigenvalue weighted by Crippen LogP contribution is 2.28. The molecule has 1 aromatic heterocycles. The molecule has 0 aliphatic carbocycles. The number of esters is 1. The normalized spacial score (nSPS) is 11.3. The summed E-state index contributed by atoms with van der Waals surface area (Å²) in [5, 5.41) is 0. The molecule has 0 spiro atoms. The summed E-state index contributed by atoms with van der Waals surface area (Å²) in [5.41, 5.74) is -0.668. The van der Waals surface area contributed by atoms with Gasteiger partial charge in [0.2, 0.25) is 0 Å². The average Bonchev–Trinajstić information content (AvgIpc) is 2.31. The molecule has 0 aliphatic rings. The molecule has 0 aliphatic heterocycles. The van der Waals surface area contributed by atoms with Crippen LogP contribution in [-0.4, -0.2) is 23.9 Å². The van der Waals surface area contributed by atoms with E-state index in [1.807, 2.05) is 0 Å². The van der Waals surface area contributed by atoms with Crippen LogP contribution in [0.4, 0.5) is 17.6 Å². The maximum atomic E-state index is 13.6. The molecule has 9 heteroatoms. The molecule has 1 aromatic rings. The fraction of sp³-hybridized carbons (Fsp3) is 0.455. The molecule has 0 bridgehead atoms. The minimum Gasteiger partial charge on any atom is -0.466 e. The Bertz CT molecular complexity index is 493. The lowest BCUT2D eigenvalue weighted by Crippen LogP contribution is -2.19. The van der Waals surface area contributed by atoms with Gasteiger partial charge in [-0.15, -0.1) is 24.8 Å². The third-order valence-corrected chi connectivity index (χ3v) is 2.31. The topological polar surface area (TPSA) is 48.4 Å². The molecule has 1 rings (SSSR count). The van der Waals surface area contributed by atoms with Crippen molar-refractivity contribution in [1.82, 2.24) is 4.98 Å². The number of halogens is 5. The predicted octanol–water partition coefficient (Wildman–Crippen LogP) is 2.96. The second-order valence-corrected chi connectivity index (χ2v) is 3.79. The van der Waals surface area contributed by atoms with Gasteiger partial charge in [0.1, 0.15) is 5.82 Å². The number of hydrogen-bond acceptors (Lipinski definition) is 4. The second-order valence-electron chi connectivity index (χ2n) is 3.52. The van der Waals surface area contributed by atoms with Crippen LogP contribution in [-0.2, 0) is 21.8 Å². The number of hydrogen-bond donors (Lipinski definition) is 0. The van der Waals surface area contributed by atoms with Crippen LogP contribution in [0.3, 0.4) is 0 Å². The van der Waals surface area contributed by atoms with Gasteiger partial charge in [0, 0.05) is 6.07 Å². The van der Waals surface area contributed by atoms with E-state index in [-0.39, 0.29) is 18.0 Å². The predicted molar refractivity (Wildman–Crippen MR) is 60.8 cm³/mol. The van der Waals surface area contributed by atoms with Crippen molar-refractivity contribution < 1.29 is 31.8 Å². The Morgan fingerprint density at radius 2 is 2.05 bits per heavy atom. The van der Waals surface area contributed by atoms with Crippen LogP contribution in [0.25, 0.3) is 0 Å². The van der Waals surface area contributed by atoms with E-state index in [1.165, 1.54) is 0 Å². The van der Waals surface area contributed by atoms with Crippen LogP contribution in [0.15, 0.2) is 6.07 Å². The zero-order valence-electron chi connectivity index (χ0n) is 10.3. The van der Waals surface area contributed by atoms with Crippen molar-refractivity contribution in [3.05, 3.63) is 23.3 Å². The van der Waals surface area contributed by atoms with Crippen molar-refractivity contribution >= 4 is 17.6 Å². The Hall–Kier alpha value is -1.57. The minimum absolute atomic E-state index is 0.0953. The van der Waals surface area contributed by atoms with E-state index in [0.717, 1.165) is 0 Å². The first-order valence-electron chi connectivity index (χ1n) is 5.42. The Kier molecular flexibility index (Phi) is 5.55. The second kappa shape index (κ2) is 6.74. The van der Waals surface area contributed by atoms with Gasteiger partial charge in [-0.25, -0.2) is 9.37 Å². The standard InChI is InChI=1S/C11H10ClF4NO3/c1-2-19-10(18)4-7-6(13)3-9(8(5-12)17-7)20-11(14,15)16/h3H,2,4-5H2,1H3. The van der Waals surface area contributed by atoms with E-state index in [9.17, 15) is 22.4 Å². The molecule has 0 radical (unpaired) electrons. The summed E-state index contributed by atoms with van der Waals surface area (Å²) in [6.07, 6.45) is -5.49. The largest absolute Gasteiger partial charge is 0.573 e. The van der Waals surface area contributed by atoms with E-state index < -0.39 is 36.2 Å². The van der Waals surface area contributed by atoms with Gasteiger partial charge >= 0.3 is 12.3 Å². The van der Waals surface area contributed by atoms with E-state index in [0.29, 0.717) is 6.07 Å². The van der Waals surface area contributed by atoms with Crippen LogP contribution in [0.5, 0.6) is 5.75 Å². The van der Waals surface area contributed by atoms with Crippen LogP contribution >= 0.6 is 11.6 Å². The summed E-state index contributed by atoms with van der Waals surface area (Å²) < 4.78 is 58.1. The monoisotopic (exact) mass is 315 g/mol. The van der Waals surface area contributed by atoms with Crippen LogP contribution < -0.4 is 4.74 Å². The van der Waals surface area contributed by atoms with Gasteiger partial charge in [0.25, 0.3) is 0 Å². The summed E-state index contributed by atoms with van der Waals surface area (Å²) in [4.78, 5) is 14.8. The zero-order chi connectivity index (χ0) is 15.3. The van der Waals surface area contributed by atoms with E-state index in [1.54, 1.807) is 6.92 Å². The Morgan fingerprint density at radius 1 is 1.40 bits per heavy atom. The number of ether oxygens (including phenoxy) is 2. The summed E-state index contributed by atoms with van der Waals surface area (Å²) >= 11 is 5.43. The molecule has 0 unspecified atom stereocenters. The van der Waals surface area contributed by atoms with Gasteiger partial charge in [0.15, 0.2) is 5.75 Å². The zero-order valence-corrected chi connectivity index (χ0v) is 11.0. The average molecular weight is 316 g/mol. The first kappa shape index (κ1) is 16.5. The van der Waals surface area contributed by atoms with E-state index >= 15 is 0 Å². The third-order valence-electron chi connectivity index (χ3n) is 2.06. The Labute approximate surface area is 116 Å². The molecule has 20 heavy (non-hydrogen) atoms. The highest BCUT2D eigenvalue weighted by Gasteiger charge is 2.33. The number of carbonyl (C=O) groups is 1. The summed E-state index contributed by atoms with van der Waals surface area (Å²) in [6.45, 7) is 1.66. The van der Waals surface area contributed by atoms with Gasteiger partial charge in [-0.2, -0.15) is 0 Å². The maximum Gasteiger partial charge on any atom is 0.573 e. The molecule has 112 valence electrons. The highest BCUT2D eigenvalue weighted by atomic mass is 35.5. The Morgan fingerprint density at radius 3 is 2.55 bits per heavy atom. The number of nitrogens with zero attached hydrogens (tertiary/aromatic N) is 1. The minimum atomic E-state index is -4.99. The molecule has 0 fully saturated rings. The lowest BCUT2D eigenvalue weighted by atomic mass is 10.2. The first-order chi connectivity index (χ1) is 9.26. The fourth-order valence-electron chi connectivity index (χ4n) is 1.33. The number of carbonyl (C=O) groups excluding carboxylic acids is 1. The quantitative estimate of drug-likeness (QED) is 0.476. The van der Waals surface area contributed by atoms with Gasteiger partial charge in [0.05, 0.1) is 30.3 Å². The van der Waals surface area contributed by atoms with Gasteiger partial charge < -0.3 is 9.47 Å². The smallest absolute Gasteiger partial charge is 0.466 e. The molecule has 0 N–H and O–H groups in total. The van der Waals surface area contributed by atoms with Crippen molar-refractivity contribution in [1.29, 1.82) is 0 Å². The number of alkyl halides is 4. The number of aromatic nitrogens is 1. The summed E-state index contributed by atoms with van der Waals surface area (Å²) in [7, 11) is 0. The maximum absolute atomic E-state index is 13.6. The van der Waals surface area contributed by atoms with Crippen LogP contribution in [0, 0.1) is 5.82 Å². The third kappa shape index (κ3) is 4.84. The molecule has 0 saturated carbocycles. The SMILES string of the molecule is CCOC(=O)Cc1nc(CCl)c(OC(F)(F)F)cc1F. The lowest BCUT2D eigenvalue weighted by molar-refractivity contribution is -0.275. The molecular weight excluding hydrogens is 306 g/mol. The van der Waals surface area contributed by atoms with E-state index in [2.05, 4.69) is 14.5 Å². The van der Waals surface area contributed by atoms with Crippen molar-refractivity contribution in [2.45, 2.75) is 25.6 Å². The van der Waals surface area contributed by atoms with Crippen molar-refractivity contribution in [3.8, 4) is 5.75 Å². The van der Waals surface area contributed by atoms with Crippen LogP contribution in [0.1, 0.15) is 18.3 Å². The summed E-state index contributed by atoms with van der Waals surface area (Å²) in [6, 6.07) is 0.493. The highest BCUT2D eigenvalue weighted by molar-refractivity contribution is 6.17.